The number of hydrogen-bond acceptors (Lipinski definition) is 8. The van der Waals surface area contributed by atoms with Crippen molar-refractivity contribution < 1.29 is 50.4 Å². The van der Waals surface area contributed by atoms with Gasteiger partial charge in [0.25, 0.3) is 0 Å². The van der Waals surface area contributed by atoms with Crippen molar-refractivity contribution in [3.8, 4) is 34.5 Å². The molecule has 1 aliphatic heterocycles. The monoisotopic (exact) mass is 631 g/mol. The average Bonchev–Trinajstić information content (AvgIpc) is 3.52. The van der Waals surface area contributed by atoms with Crippen LogP contribution < -0.4 is 18.9 Å². The lowest BCUT2D eigenvalue weighted by Crippen LogP contribution is -2.25. The van der Waals surface area contributed by atoms with Crippen LogP contribution in [0.15, 0.2) is 60.7 Å². The summed E-state index contributed by atoms with van der Waals surface area (Å²) in [7, 11) is 1.27. The Labute approximate surface area is 253 Å². The number of aromatic nitrogens is 3. The van der Waals surface area contributed by atoms with Crippen LogP contribution in [-0.4, -0.2) is 40.3 Å². The number of pyridine rings is 1. The van der Waals surface area contributed by atoms with Crippen molar-refractivity contribution in [2.75, 3.05) is 7.11 Å². The molecule has 0 radical (unpaired) electrons. The second-order valence-corrected chi connectivity index (χ2v) is 10.5. The van der Waals surface area contributed by atoms with E-state index in [0.29, 0.717) is 47.4 Å². The van der Waals surface area contributed by atoms with Crippen LogP contribution in [0.3, 0.4) is 0 Å². The molecular formula is C31H26F5N3O6. The van der Waals surface area contributed by atoms with E-state index in [9.17, 15) is 26.7 Å². The zero-order valence-corrected chi connectivity index (χ0v) is 23.9. The topological polar surface area (TPSA) is 93.9 Å². The Hall–Kier alpha value is -4.88. The van der Waals surface area contributed by atoms with Crippen molar-refractivity contribution in [1.82, 2.24) is 14.8 Å². The van der Waals surface area contributed by atoms with E-state index >= 15 is 0 Å². The largest absolute Gasteiger partial charge is 0.586 e. The summed E-state index contributed by atoms with van der Waals surface area (Å²) >= 11 is 0. The first kappa shape index (κ1) is 30.2. The maximum Gasteiger partial charge on any atom is 0.586 e. The summed E-state index contributed by atoms with van der Waals surface area (Å²) in [6, 6.07) is 15.3. The van der Waals surface area contributed by atoms with Crippen molar-refractivity contribution in [1.29, 1.82) is 0 Å². The number of carbonyl (C=O) groups excluding carboxylic acids is 1. The minimum atomic E-state index is -4.52. The van der Waals surface area contributed by atoms with Crippen molar-refractivity contribution in [3.63, 3.8) is 0 Å². The summed E-state index contributed by atoms with van der Waals surface area (Å²) in [5.41, 5.74) is 2.18. The lowest BCUT2D eigenvalue weighted by Gasteiger charge is -2.25. The Kier molecular flexibility index (Phi) is 7.75. The molecule has 14 heteroatoms. The number of nitrogens with zero attached hydrogens (tertiary/aromatic N) is 3. The highest BCUT2D eigenvalue weighted by molar-refractivity contribution is 5.89. The van der Waals surface area contributed by atoms with Crippen LogP contribution in [0.5, 0.6) is 23.1 Å². The Balaban J connectivity index is 1.30. The molecule has 9 nitrogen and oxygen atoms in total. The fourth-order valence-corrected chi connectivity index (χ4v) is 5.35. The quantitative estimate of drug-likeness (QED) is 0.149. The highest BCUT2D eigenvalue weighted by Crippen LogP contribution is 2.43. The third-order valence-electron chi connectivity index (χ3n) is 7.34. The van der Waals surface area contributed by atoms with Gasteiger partial charge in [-0.3, -0.25) is 4.68 Å². The Bertz CT molecular complexity index is 1720. The van der Waals surface area contributed by atoms with Gasteiger partial charge in [-0.1, -0.05) is 12.1 Å². The number of carbonyl (C=O) groups is 1. The number of methoxy groups -OCH3 is 1. The fraction of sp³-hybridized carbons (Fsp3) is 0.323. The maximum absolute atomic E-state index is 13.6. The van der Waals surface area contributed by atoms with Crippen LogP contribution in [0.2, 0.25) is 0 Å². The molecule has 0 bridgehead atoms. The van der Waals surface area contributed by atoms with Crippen LogP contribution in [0.4, 0.5) is 22.0 Å². The molecule has 2 aromatic carbocycles. The molecule has 0 spiro atoms. The number of alkyl halides is 5. The summed E-state index contributed by atoms with van der Waals surface area (Å²) in [6.45, 7) is 0.394. The molecule has 2 aliphatic rings. The number of esters is 1. The Morgan fingerprint density at radius 1 is 1.09 bits per heavy atom. The van der Waals surface area contributed by atoms with Gasteiger partial charge >= 0.3 is 18.4 Å². The van der Waals surface area contributed by atoms with Crippen LogP contribution in [0.1, 0.15) is 59.2 Å². The summed E-state index contributed by atoms with van der Waals surface area (Å²) in [4.78, 5) is 16.4. The number of benzene rings is 2. The number of hydrogen-bond donors (Lipinski definition) is 0. The van der Waals surface area contributed by atoms with Gasteiger partial charge in [-0.05, 0) is 74.2 Å². The minimum Gasteiger partial charge on any atom is -0.486 e. The van der Waals surface area contributed by atoms with Gasteiger partial charge in [-0.2, -0.15) is 18.3 Å². The van der Waals surface area contributed by atoms with Crippen molar-refractivity contribution in [2.45, 2.75) is 57.4 Å². The second kappa shape index (κ2) is 11.6. The number of rotatable bonds is 8. The van der Waals surface area contributed by atoms with Crippen LogP contribution in [0.25, 0.3) is 11.4 Å². The lowest BCUT2D eigenvalue weighted by atomic mass is 9.91. The first-order chi connectivity index (χ1) is 21.4. The molecule has 0 unspecified atom stereocenters. The van der Waals surface area contributed by atoms with Crippen molar-refractivity contribution in [2.24, 2.45) is 0 Å². The van der Waals surface area contributed by atoms with Gasteiger partial charge in [-0.15, -0.1) is 8.78 Å². The summed E-state index contributed by atoms with van der Waals surface area (Å²) in [5, 5.41) is 4.36. The normalized spacial score (nSPS) is 17.4. The molecule has 0 amide bonds. The summed E-state index contributed by atoms with van der Waals surface area (Å²) in [6.07, 6.45) is -8.16. The highest BCUT2D eigenvalue weighted by atomic mass is 19.4. The molecule has 3 heterocycles. The van der Waals surface area contributed by atoms with E-state index in [-0.39, 0.29) is 28.8 Å². The Morgan fingerprint density at radius 3 is 2.58 bits per heavy atom. The van der Waals surface area contributed by atoms with Gasteiger partial charge in [0, 0.05) is 17.3 Å². The van der Waals surface area contributed by atoms with E-state index in [1.165, 1.54) is 31.4 Å². The molecule has 0 fully saturated rings. The highest BCUT2D eigenvalue weighted by Gasteiger charge is 2.43. The minimum absolute atomic E-state index is 0.105. The van der Waals surface area contributed by atoms with E-state index in [4.69, 9.17) is 14.2 Å². The van der Waals surface area contributed by atoms with Crippen molar-refractivity contribution in [3.05, 3.63) is 83.0 Å². The van der Waals surface area contributed by atoms with Crippen LogP contribution in [0, 0.1) is 0 Å². The number of halogens is 5. The molecule has 1 aliphatic carbocycles. The number of fused-ring (bicyclic) bond motifs is 2. The summed E-state index contributed by atoms with van der Waals surface area (Å²) < 4.78 is 94.5. The number of ether oxygens (including phenoxy) is 5. The summed E-state index contributed by atoms with van der Waals surface area (Å²) in [5.74, 6) is -0.210. The molecule has 4 aromatic rings. The van der Waals surface area contributed by atoms with E-state index in [1.54, 1.807) is 43.3 Å². The third kappa shape index (κ3) is 6.49. The molecule has 0 N–H and O–H groups in total. The average molecular weight is 632 g/mol. The lowest BCUT2D eigenvalue weighted by molar-refractivity contribution is -0.286. The standard InChI is InChI=1S/C31H26F5N3O6/c1-17(19-11-14-23-25(15-19)45-31(35,36)44-23)42-26-8-3-5-21(37-26)28-27-22(39(38-28)16-30(32,33)34)6-4-7-24(27)43-20-12-9-18(10-13-20)29(40)41-2/h3,5,8-15,17,24H,4,6-7,16H2,1-2H3/t17-,24-/m0/s1. The third-order valence-corrected chi connectivity index (χ3v) is 7.34. The molecule has 236 valence electrons. The fourth-order valence-electron chi connectivity index (χ4n) is 5.35. The molecule has 0 saturated carbocycles. The zero-order chi connectivity index (χ0) is 31.9. The van der Waals surface area contributed by atoms with Crippen molar-refractivity contribution >= 4 is 5.97 Å². The molecular weight excluding hydrogens is 605 g/mol. The van der Waals surface area contributed by atoms with Gasteiger partial charge in [0.15, 0.2) is 11.5 Å². The van der Waals surface area contributed by atoms with E-state index in [2.05, 4.69) is 19.6 Å². The molecule has 6 rings (SSSR count). The molecule has 0 saturated heterocycles. The SMILES string of the molecule is COC(=O)c1ccc(O[C@H]2CCCc3c2c(-c2cccc(O[C@@H](C)c4ccc5c(c4)OC(F)(F)O5)n2)nn3CC(F)(F)F)cc1. The zero-order valence-electron chi connectivity index (χ0n) is 23.9. The predicted octanol–water partition coefficient (Wildman–Crippen LogP) is 7.21. The molecule has 2 aromatic heterocycles. The smallest absolute Gasteiger partial charge is 0.486 e. The van der Waals surface area contributed by atoms with Gasteiger partial charge in [0.05, 0.1) is 18.4 Å². The predicted molar refractivity (Wildman–Crippen MR) is 147 cm³/mol. The molecule has 2 atom stereocenters. The first-order valence-electron chi connectivity index (χ1n) is 13.9. The first-order valence-corrected chi connectivity index (χ1v) is 13.9. The van der Waals surface area contributed by atoms with Crippen LogP contribution in [-0.2, 0) is 17.7 Å². The molecule has 45 heavy (non-hydrogen) atoms. The van der Waals surface area contributed by atoms with Gasteiger partial charge in [-0.25, -0.2) is 9.78 Å². The van der Waals surface area contributed by atoms with Gasteiger partial charge in [0.1, 0.15) is 30.2 Å². The van der Waals surface area contributed by atoms with Gasteiger partial charge < -0.3 is 23.7 Å². The maximum atomic E-state index is 13.6. The Morgan fingerprint density at radius 2 is 1.84 bits per heavy atom. The van der Waals surface area contributed by atoms with Gasteiger partial charge in [0.2, 0.25) is 5.88 Å². The van der Waals surface area contributed by atoms with E-state index in [1.807, 2.05) is 0 Å². The van der Waals surface area contributed by atoms with E-state index < -0.39 is 37.2 Å². The second-order valence-electron chi connectivity index (χ2n) is 10.5. The van der Waals surface area contributed by atoms with Crippen LogP contribution >= 0.6 is 0 Å². The van der Waals surface area contributed by atoms with E-state index in [0.717, 1.165) is 4.68 Å².